The number of nitrogens with one attached hydrogen (secondary N) is 1. The minimum atomic E-state index is -0.0200. The minimum Gasteiger partial charge on any atom is -0.493 e. The molecule has 0 aliphatic heterocycles. The lowest BCUT2D eigenvalue weighted by Gasteiger charge is -2.14. The van der Waals surface area contributed by atoms with Crippen LogP contribution in [0.25, 0.3) is 0 Å². The number of benzene rings is 1. The molecule has 0 bridgehead atoms. The van der Waals surface area contributed by atoms with Crippen molar-refractivity contribution < 1.29 is 9.53 Å². The number of hydrogen-bond donors (Lipinski definition) is 1. The molecule has 0 saturated carbocycles. The van der Waals surface area contributed by atoms with Crippen molar-refractivity contribution in [1.82, 2.24) is 9.78 Å². The van der Waals surface area contributed by atoms with Gasteiger partial charge in [0.15, 0.2) is 5.82 Å². The topological polar surface area (TPSA) is 56.2 Å². The summed E-state index contributed by atoms with van der Waals surface area (Å²) in [6.07, 6.45) is 0.480. The van der Waals surface area contributed by atoms with Gasteiger partial charge in [0.2, 0.25) is 5.91 Å². The van der Waals surface area contributed by atoms with Crippen LogP contribution in [0.1, 0.15) is 45.4 Å². The van der Waals surface area contributed by atoms with Gasteiger partial charge in [-0.3, -0.25) is 9.48 Å². The second kappa shape index (κ2) is 9.08. The zero-order valence-corrected chi connectivity index (χ0v) is 16.9. The van der Waals surface area contributed by atoms with E-state index >= 15 is 0 Å². The molecule has 0 unspecified atom stereocenters. The molecule has 142 valence electrons. The number of carbonyl (C=O) groups is 1. The first-order chi connectivity index (χ1) is 12.2. The van der Waals surface area contributed by atoms with Gasteiger partial charge in [0, 0.05) is 28.8 Å². The van der Waals surface area contributed by atoms with Gasteiger partial charge in [-0.25, -0.2) is 0 Å². The molecule has 1 N–H and O–H groups in total. The highest BCUT2D eigenvalue weighted by atomic mass is 35.5. The third-order valence-electron chi connectivity index (χ3n) is 3.76. The Morgan fingerprint density at radius 2 is 1.96 bits per heavy atom. The second-order valence-electron chi connectivity index (χ2n) is 7.43. The fourth-order valence-corrected chi connectivity index (χ4v) is 2.72. The van der Waals surface area contributed by atoms with Gasteiger partial charge in [0.25, 0.3) is 0 Å². The molecule has 1 heterocycles. The second-order valence-corrected chi connectivity index (χ2v) is 7.87. The predicted octanol–water partition coefficient (Wildman–Crippen LogP) is 4.91. The smallest absolute Gasteiger partial charge is 0.225 e. The summed E-state index contributed by atoms with van der Waals surface area (Å²) in [6, 6.07) is 7.49. The van der Waals surface area contributed by atoms with E-state index in [-0.39, 0.29) is 5.91 Å². The van der Waals surface area contributed by atoms with Crippen LogP contribution in [0.3, 0.4) is 0 Å². The quantitative estimate of drug-likeness (QED) is 0.710. The van der Waals surface area contributed by atoms with E-state index in [0.717, 1.165) is 17.0 Å². The molecule has 2 rings (SSSR count). The molecule has 0 radical (unpaired) electrons. The van der Waals surface area contributed by atoms with Crippen molar-refractivity contribution in [3.05, 3.63) is 40.5 Å². The highest BCUT2D eigenvalue weighted by Gasteiger charge is 2.12. The SMILES string of the molecule is Cc1cc(NC(=O)CC(C)C)nn1Cc1cc(Cl)ccc1OCC(C)C. The van der Waals surface area contributed by atoms with E-state index in [2.05, 4.69) is 24.3 Å². The summed E-state index contributed by atoms with van der Waals surface area (Å²) >= 11 is 6.17. The average molecular weight is 378 g/mol. The molecule has 6 heteroatoms. The van der Waals surface area contributed by atoms with Crippen LogP contribution in [0.4, 0.5) is 5.82 Å². The molecule has 1 aromatic carbocycles. The van der Waals surface area contributed by atoms with Crippen molar-refractivity contribution >= 4 is 23.3 Å². The Morgan fingerprint density at radius 1 is 1.23 bits per heavy atom. The molecule has 1 aromatic heterocycles. The summed E-state index contributed by atoms with van der Waals surface area (Å²) in [5.74, 6) is 2.11. The van der Waals surface area contributed by atoms with Crippen LogP contribution in [-0.2, 0) is 11.3 Å². The Hall–Kier alpha value is -2.01. The molecule has 0 aliphatic carbocycles. The molecule has 0 atom stereocenters. The first-order valence-electron chi connectivity index (χ1n) is 9.00. The number of halogens is 1. The lowest BCUT2D eigenvalue weighted by molar-refractivity contribution is -0.116. The summed E-state index contributed by atoms with van der Waals surface area (Å²) in [5.41, 5.74) is 1.92. The number of ether oxygens (including phenoxy) is 1. The van der Waals surface area contributed by atoms with Crippen LogP contribution in [0.5, 0.6) is 5.75 Å². The van der Waals surface area contributed by atoms with Crippen molar-refractivity contribution in [1.29, 1.82) is 0 Å². The van der Waals surface area contributed by atoms with E-state index < -0.39 is 0 Å². The Balaban J connectivity index is 2.15. The Labute approximate surface area is 160 Å². The van der Waals surface area contributed by atoms with Gasteiger partial charge in [-0.2, -0.15) is 5.10 Å². The average Bonchev–Trinajstić information content (AvgIpc) is 2.84. The minimum absolute atomic E-state index is 0.0200. The molecule has 0 fully saturated rings. The van der Waals surface area contributed by atoms with Crippen molar-refractivity contribution in [3.63, 3.8) is 0 Å². The van der Waals surface area contributed by atoms with Gasteiger partial charge in [-0.1, -0.05) is 39.3 Å². The van der Waals surface area contributed by atoms with Crippen molar-refractivity contribution in [2.24, 2.45) is 11.8 Å². The Bertz CT molecular complexity index is 754. The number of hydrogen-bond acceptors (Lipinski definition) is 3. The largest absolute Gasteiger partial charge is 0.493 e. The molecule has 0 aliphatic rings. The summed E-state index contributed by atoms with van der Waals surface area (Å²) in [5, 5.41) is 8.02. The van der Waals surface area contributed by atoms with Crippen LogP contribution < -0.4 is 10.1 Å². The molecular formula is C20H28ClN3O2. The number of aryl methyl sites for hydroxylation is 1. The summed E-state index contributed by atoms with van der Waals surface area (Å²) in [6.45, 7) is 11.4. The van der Waals surface area contributed by atoms with Gasteiger partial charge in [0.1, 0.15) is 5.75 Å². The highest BCUT2D eigenvalue weighted by molar-refractivity contribution is 6.30. The monoisotopic (exact) mass is 377 g/mol. The predicted molar refractivity (Wildman–Crippen MR) is 106 cm³/mol. The maximum absolute atomic E-state index is 12.0. The zero-order valence-electron chi connectivity index (χ0n) is 16.2. The van der Waals surface area contributed by atoms with E-state index in [1.54, 1.807) is 0 Å². The van der Waals surface area contributed by atoms with Crippen LogP contribution in [0.2, 0.25) is 5.02 Å². The molecular weight excluding hydrogens is 350 g/mol. The Kier molecular flexibility index (Phi) is 7.09. The van der Waals surface area contributed by atoms with Gasteiger partial charge < -0.3 is 10.1 Å². The van der Waals surface area contributed by atoms with E-state index in [1.165, 1.54) is 0 Å². The number of aromatic nitrogens is 2. The maximum Gasteiger partial charge on any atom is 0.225 e. The first kappa shape index (κ1) is 20.3. The van der Waals surface area contributed by atoms with Gasteiger partial charge in [-0.05, 0) is 37.0 Å². The molecule has 1 amide bonds. The fourth-order valence-electron chi connectivity index (χ4n) is 2.53. The maximum atomic E-state index is 12.0. The lowest BCUT2D eigenvalue weighted by atomic mass is 10.1. The fraction of sp³-hybridized carbons (Fsp3) is 0.500. The molecule has 26 heavy (non-hydrogen) atoms. The number of carbonyl (C=O) groups excluding carboxylic acids is 1. The molecule has 0 spiro atoms. The third-order valence-corrected chi connectivity index (χ3v) is 3.99. The summed E-state index contributed by atoms with van der Waals surface area (Å²) in [4.78, 5) is 12.0. The highest BCUT2D eigenvalue weighted by Crippen LogP contribution is 2.25. The van der Waals surface area contributed by atoms with Gasteiger partial charge in [0.05, 0.1) is 13.2 Å². The normalized spacial score (nSPS) is 11.2. The van der Waals surface area contributed by atoms with Gasteiger partial charge >= 0.3 is 0 Å². The number of rotatable bonds is 8. The van der Waals surface area contributed by atoms with Crippen LogP contribution in [0.15, 0.2) is 24.3 Å². The summed E-state index contributed by atoms with van der Waals surface area (Å²) < 4.78 is 7.76. The van der Waals surface area contributed by atoms with Crippen molar-refractivity contribution in [2.75, 3.05) is 11.9 Å². The van der Waals surface area contributed by atoms with E-state index in [0.29, 0.717) is 42.2 Å². The van der Waals surface area contributed by atoms with E-state index in [4.69, 9.17) is 16.3 Å². The third kappa shape index (κ3) is 6.06. The molecule has 2 aromatic rings. The van der Waals surface area contributed by atoms with Crippen molar-refractivity contribution in [2.45, 2.75) is 47.6 Å². The number of anilines is 1. The molecule has 0 saturated heterocycles. The van der Waals surface area contributed by atoms with Crippen LogP contribution in [-0.4, -0.2) is 22.3 Å². The number of amides is 1. The standard InChI is InChI=1S/C20H28ClN3O2/c1-13(2)8-20(25)22-19-9-15(5)24(23-19)11-16-10-17(21)6-7-18(16)26-12-14(3)4/h6-7,9-10,13-14H,8,11-12H2,1-5H3,(H,22,23,25). The summed E-state index contributed by atoms with van der Waals surface area (Å²) in [7, 11) is 0. The van der Waals surface area contributed by atoms with Crippen LogP contribution >= 0.6 is 11.6 Å². The Morgan fingerprint density at radius 3 is 2.62 bits per heavy atom. The lowest BCUT2D eigenvalue weighted by Crippen LogP contribution is -2.14. The first-order valence-corrected chi connectivity index (χ1v) is 9.38. The van der Waals surface area contributed by atoms with Crippen molar-refractivity contribution in [3.8, 4) is 5.75 Å². The van der Waals surface area contributed by atoms with Crippen LogP contribution in [0, 0.1) is 18.8 Å². The van der Waals surface area contributed by atoms with E-state index in [9.17, 15) is 4.79 Å². The number of nitrogens with zero attached hydrogens (tertiary/aromatic N) is 2. The molecule has 5 nitrogen and oxygen atoms in total. The zero-order chi connectivity index (χ0) is 19.3. The van der Waals surface area contributed by atoms with Gasteiger partial charge in [-0.15, -0.1) is 0 Å². The van der Waals surface area contributed by atoms with E-state index in [1.807, 2.05) is 49.7 Å².